The largest absolute Gasteiger partial charge is 0.493 e. The van der Waals surface area contributed by atoms with E-state index in [1.165, 1.54) is 19.5 Å². The van der Waals surface area contributed by atoms with E-state index in [1.54, 1.807) is 24.3 Å². The number of carbonyl (C=O) groups excluding carboxylic acids is 1. The number of aromatic nitrogens is 1. The predicted octanol–water partition coefficient (Wildman–Crippen LogP) is 3.65. The van der Waals surface area contributed by atoms with Crippen molar-refractivity contribution in [1.29, 1.82) is 0 Å². The molecule has 6 heteroatoms. The molecule has 0 unspecified atom stereocenters. The highest BCUT2D eigenvalue weighted by Crippen LogP contribution is 2.36. The van der Waals surface area contributed by atoms with Gasteiger partial charge < -0.3 is 10.1 Å². The molecule has 1 amide bonds. The quantitative estimate of drug-likeness (QED) is 0.940. The lowest BCUT2D eigenvalue weighted by molar-refractivity contribution is 0.102. The highest BCUT2D eigenvalue weighted by Gasteiger charge is 2.13. The van der Waals surface area contributed by atoms with Crippen LogP contribution in [0.1, 0.15) is 10.4 Å². The Hall–Kier alpha value is -1.78. The van der Waals surface area contributed by atoms with Gasteiger partial charge in [-0.3, -0.25) is 9.78 Å². The summed E-state index contributed by atoms with van der Waals surface area (Å²) in [7, 11) is 1.47. The van der Waals surface area contributed by atoms with Crippen molar-refractivity contribution < 1.29 is 9.53 Å². The van der Waals surface area contributed by atoms with E-state index in [0.29, 0.717) is 27.0 Å². The van der Waals surface area contributed by atoms with Crippen LogP contribution in [0.2, 0.25) is 10.0 Å². The summed E-state index contributed by atoms with van der Waals surface area (Å²) in [4.78, 5) is 15.9. The molecule has 19 heavy (non-hydrogen) atoms. The fraction of sp³-hybridized carbons (Fsp3) is 0.0769. The first-order valence-corrected chi connectivity index (χ1v) is 6.12. The maximum absolute atomic E-state index is 12.0. The van der Waals surface area contributed by atoms with Gasteiger partial charge in [0.2, 0.25) is 0 Å². The molecule has 0 bridgehead atoms. The summed E-state index contributed by atoms with van der Waals surface area (Å²) in [5.74, 6) is 0.0764. The third-order valence-corrected chi connectivity index (χ3v) is 2.90. The number of ether oxygens (including phenoxy) is 1. The minimum Gasteiger partial charge on any atom is -0.493 e. The number of pyridine rings is 1. The molecule has 0 fully saturated rings. The number of halogens is 2. The number of hydrogen-bond donors (Lipinski definition) is 1. The number of anilines is 1. The van der Waals surface area contributed by atoms with Crippen LogP contribution < -0.4 is 10.1 Å². The third-order valence-electron chi connectivity index (χ3n) is 2.40. The molecule has 2 aromatic rings. The second kappa shape index (κ2) is 5.91. The summed E-state index contributed by atoms with van der Waals surface area (Å²) in [6, 6.07) is 6.33. The number of methoxy groups -OCH3 is 1. The zero-order valence-electron chi connectivity index (χ0n) is 9.98. The van der Waals surface area contributed by atoms with Crippen molar-refractivity contribution in [2.45, 2.75) is 0 Å². The molecule has 98 valence electrons. The van der Waals surface area contributed by atoms with Gasteiger partial charge in [0.1, 0.15) is 0 Å². The number of benzene rings is 1. The Balaban J connectivity index is 2.31. The van der Waals surface area contributed by atoms with Gasteiger partial charge in [-0.15, -0.1) is 0 Å². The molecule has 0 radical (unpaired) electrons. The molecule has 0 spiro atoms. The normalized spacial score (nSPS) is 10.1. The first-order valence-electron chi connectivity index (χ1n) is 5.36. The Morgan fingerprint density at radius 3 is 2.58 bits per heavy atom. The van der Waals surface area contributed by atoms with E-state index >= 15 is 0 Å². The van der Waals surface area contributed by atoms with Crippen molar-refractivity contribution in [3.05, 3.63) is 52.3 Å². The summed E-state index contributed by atoms with van der Waals surface area (Å²) < 4.78 is 5.15. The molecule has 2 rings (SSSR count). The van der Waals surface area contributed by atoms with Crippen LogP contribution in [-0.4, -0.2) is 18.0 Å². The average Bonchev–Trinajstić information content (AvgIpc) is 2.39. The lowest BCUT2D eigenvalue weighted by atomic mass is 10.2. The molecular formula is C13H10Cl2N2O2. The maximum atomic E-state index is 12.0. The van der Waals surface area contributed by atoms with E-state index in [0.717, 1.165) is 0 Å². The van der Waals surface area contributed by atoms with Crippen molar-refractivity contribution in [1.82, 2.24) is 4.98 Å². The van der Waals surface area contributed by atoms with Crippen LogP contribution >= 0.6 is 23.2 Å². The standard InChI is InChI=1S/C13H10Cl2N2O2/c1-19-12-10(15)6-9(14)7-11(12)17-13(18)8-2-4-16-5-3-8/h2-7H,1H3,(H,17,18). The average molecular weight is 297 g/mol. The smallest absolute Gasteiger partial charge is 0.255 e. The maximum Gasteiger partial charge on any atom is 0.255 e. The van der Waals surface area contributed by atoms with Gasteiger partial charge in [-0.05, 0) is 24.3 Å². The summed E-state index contributed by atoms with van der Waals surface area (Å²) >= 11 is 11.9. The topological polar surface area (TPSA) is 51.2 Å². The fourth-order valence-electron chi connectivity index (χ4n) is 1.56. The molecule has 0 saturated carbocycles. The zero-order valence-corrected chi connectivity index (χ0v) is 11.5. The minimum atomic E-state index is -0.293. The molecule has 1 aromatic carbocycles. The number of hydrogen-bond acceptors (Lipinski definition) is 3. The lowest BCUT2D eigenvalue weighted by Gasteiger charge is -2.12. The molecule has 0 aliphatic rings. The van der Waals surface area contributed by atoms with Crippen LogP contribution in [0.15, 0.2) is 36.7 Å². The second-order valence-corrected chi connectivity index (χ2v) is 4.50. The van der Waals surface area contributed by atoms with Crippen LogP contribution in [0.3, 0.4) is 0 Å². The third kappa shape index (κ3) is 3.16. The molecule has 1 heterocycles. The predicted molar refractivity (Wildman–Crippen MR) is 75.2 cm³/mol. The van der Waals surface area contributed by atoms with Crippen LogP contribution in [0.5, 0.6) is 5.75 Å². The first kappa shape index (κ1) is 13.6. The molecule has 0 aliphatic carbocycles. The number of amides is 1. The molecule has 0 saturated heterocycles. The van der Waals surface area contributed by atoms with Crippen LogP contribution in [0.4, 0.5) is 5.69 Å². The van der Waals surface area contributed by atoms with Crippen molar-refractivity contribution in [3.63, 3.8) is 0 Å². The van der Waals surface area contributed by atoms with Gasteiger partial charge in [0.15, 0.2) is 5.75 Å². The number of rotatable bonds is 3. The van der Waals surface area contributed by atoms with Crippen molar-refractivity contribution in [2.75, 3.05) is 12.4 Å². The van der Waals surface area contributed by atoms with Gasteiger partial charge in [0, 0.05) is 23.0 Å². The molecule has 1 N–H and O–H groups in total. The van der Waals surface area contributed by atoms with Crippen LogP contribution in [0, 0.1) is 0 Å². The SMILES string of the molecule is COc1c(Cl)cc(Cl)cc1NC(=O)c1ccncc1. The van der Waals surface area contributed by atoms with E-state index in [9.17, 15) is 4.79 Å². The Bertz CT molecular complexity index is 603. The van der Waals surface area contributed by atoms with Gasteiger partial charge in [-0.1, -0.05) is 23.2 Å². The van der Waals surface area contributed by atoms with Gasteiger partial charge in [-0.25, -0.2) is 0 Å². The van der Waals surface area contributed by atoms with Gasteiger partial charge >= 0.3 is 0 Å². The van der Waals surface area contributed by atoms with E-state index < -0.39 is 0 Å². The molecular weight excluding hydrogens is 287 g/mol. The molecule has 1 aromatic heterocycles. The van der Waals surface area contributed by atoms with Crippen LogP contribution in [-0.2, 0) is 0 Å². The second-order valence-electron chi connectivity index (χ2n) is 3.66. The lowest BCUT2D eigenvalue weighted by Crippen LogP contribution is -2.12. The van der Waals surface area contributed by atoms with Gasteiger partial charge in [0.05, 0.1) is 17.8 Å². The van der Waals surface area contributed by atoms with E-state index in [4.69, 9.17) is 27.9 Å². The summed E-state index contributed by atoms with van der Waals surface area (Å²) in [5, 5.41) is 3.44. The summed E-state index contributed by atoms with van der Waals surface area (Å²) in [6.45, 7) is 0. The van der Waals surface area contributed by atoms with Crippen LogP contribution in [0.25, 0.3) is 0 Å². The minimum absolute atomic E-state index is 0.293. The number of nitrogens with zero attached hydrogens (tertiary/aromatic N) is 1. The van der Waals surface area contributed by atoms with E-state index in [1.807, 2.05) is 0 Å². The Morgan fingerprint density at radius 2 is 1.95 bits per heavy atom. The number of carbonyl (C=O) groups is 1. The zero-order chi connectivity index (χ0) is 13.8. The molecule has 0 atom stereocenters. The first-order chi connectivity index (χ1) is 9.11. The van der Waals surface area contributed by atoms with Gasteiger partial charge in [0.25, 0.3) is 5.91 Å². The summed E-state index contributed by atoms with van der Waals surface area (Å²) in [5.41, 5.74) is 0.898. The molecule has 4 nitrogen and oxygen atoms in total. The Kier molecular flexibility index (Phi) is 4.24. The highest BCUT2D eigenvalue weighted by molar-refractivity contribution is 6.36. The monoisotopic (exact) mass is 296 g/mol. The van der Waals surface area contributed by atoms with Crippen molar-refractivity contribution >= 4 is 34.8 Å². The summed E-state index contributed by atoms with van der Waals surface area (Å²) in [6.07, 6.45) is 3.08. The number of nitrogens with one attached hydrogen (secondary N) is 1. The van der Waals surface area contributed by atoms with Gasteiger partial charge in [-0.2, -0.15) is 0 Å². The van der Waals surface area contributed by atoms with E-state index in [-0.39, 0.29) is 5.91 Å². The van der Waals surface area contributed by atoms with E-state index in [2.05, 4.69) is 10.3 Å². The Morgan fingerprint density at radius 1 is 1.26 bits per heavy atom. The fourth-order valence-corrected chi connectivity index (χ4v) is 2.13. The molecule has 0 aliphatic heterocycles. The van der Waals surface area contributed by atoms with Crippen molar-refractivity contribution in [2.24, 2.45) is 0 Å². The Labute approximate surface area is 120 Å². The highest BCUT2D eigenvalue weighted by atomic mass is 35.5. The van der Waals surface area contributed by atoms with Crippen molar-refractivity contribution in [3.8, 4) is 5.75 Å².